The van der Waals surface area contributed by atoms with Crippen molar-refractivity contribution in [2.75, 3.05) is 13.2 Å². The van der Waals surface area contributed by atoms with Gasteiger partial charge in [0.25, 0.3) is 0 Å². The maximum atomic E-state index is 10.1. The Labute approximate surface area is 223 Å². The Morgan fingerprint density at radius 1 is 0.778 bits per heavy atom. The van der Waals surface area contributed by atoms with E-state index in [-0.39, 0.29) is 25.0 Å². The molecule has 0 spiro atoms. The second kappa shape index (κ2) is 18.6. The number of allylic oxidation sites excluding steroid dienone is 11. The van der Waals surface area contributed by atoms with Gasteiger partial charge in [-0.05, 0) is 130 Å². The molecule has 0 heterocycles. The van der Waals surface area contributed by atoms with Gasteiger partial charge in [0.1, 0.15) is 0 Å². The topological polar surface area (TPSA) is 40.5 Å². The molecule has 0 unspecified atom stereocenters. The Morgan fingerprint density at radius 3 is 1.86 bits per heavy atom. The van der Waals surface area contributed by atoms with E-state index in [1.54, 1.807) is 0 Å². The minimum absolute atomic E-state index is 0.156. The first-order valence-electron chi connectivity index (χ1n) is 14.3. The Hall–Kier alpha value is -1.64. The molecule has 0 aromatic heterocycles. The van der Waals surface area contributed by atoms with Crippen molar-refractivity contribution in [2.24, 2.45) is 17.8 Å². The minimum Gasteiger partial charge on any atom is -0.396 e. The normalized spacial score (nSPS) is 20.7. The molecule has 3 atom stereocenters. The molecule has 0 fully saturated rings. The van der Waals surface area contributed by atoms with Crippen LogP contribution < -0.4 is 0 Å². The molecule has 1 rings (SSSR count). The highest BCUT2D eigenvalue weighted by atomic mass is 16.3. The molecular formula is C34H56O2. The van der Waals surface area contributed by atoms with Crippen LogP contribution in [-0.4, -0.2) is 23.4 Å². The molecular weight excluding hydrogens is 440 g/mol. The fourth-order valence-corrected chi connectivity index (χ4v) is 5.20. The highest BCUT2D eigenvalue weighted by Crippen LogP contribution is 2.38. The fourth-order valence-electron chi connectivity index (χ4n) is 5.20. The summed E-state index contributed by atoms with van der Waals surface area (Å²) >= 11 is 0. The summed E-state index contributed by atoms with van der Waals surface area (Å²) in [5.41, 5.74) is 8.47. The molecule has 2 nitrogen and oxygen atoms in total. The van der Waals surface area contributed by atoms with E-state index in [0.717, 1.165) is 70.6 Å². The third-order valence-electron chi connectivity index (χ3n) is 7.54. The number of hydrogen-bond acceptors (Lipinski definition) is 2. The minimum atomic E-state index is 0.156. The van der Waals surface area contributed by atoms with E-state index >= 15 is 0 Å². The van der Waals surface area contributed by atoms with Crippen molar-refractivity contribution in [2.45, 2.75) is 112 Å². The van der Waals surface area contributed by atoms with E-state index in [4.69, 9.17) is 0 Å². The second-order valence-corrected chi connectivity index (χ2v) is 11.6. The van der Waals surface area contributed by atoms with Gasteiger partial charge in [-0.2, -0.15) is 0 Å². The first-order valence-corrected chi connectivity index (χ1v) is 14.3. The van der Waals surface area contributed by atoms with Crippen LogP contribution in [0, 0.1) is 17.8 Å². The third kappa shape index (κ3) is 14.2. The molecule has 204 valence electrons. The van der Waals surface area contributed by atoms with Gasteiger partial charge in [0.15, 0.2) is 0 Å². The third-order valence-corrected chi connectivity index (χ3v) is 7.54. The fraction of sp³-hybridized carbons (Fsp3) is 0.647. The lowest BCUT2D eigenvalue weighted by Gasteiger charge is -2.36. The molecule has 1 aliphatic carbocycles. The average Bonchev–Trinajstić information content (AvgIpc) is 2.81. The highest BCUT2D eigenvalue weighted by molar-refractivity contribution is 5.15. The predicted molar refractivity (Wildman–Crippen MR) is 159 cm³/mol. The number of rotatable bonds is 17. The van der Waals surface area contributed by atoms with Gasteiger partial charge in [0.2, 0.25) is 0 Å². The van der Waals surface area contributed by atoms with E-state index < -0.39 is 0 Å². The quantitative estimate of drug-likeness (QED) is 0.197. The van der Waals surface area contributed by atoms with Crippen LogP contribution in [0.2, 0.25) is 0 Å². The van der Waals surface area contributed by atoms with Crippen LogP contribution in [0.4, 0.5) is 0 Å². The molecule has 36 heavy (non-hydrogen) atoms. The molecule has 0 saturated heterocycles. The summed E-state index contributed by atoms with van der Waals surface area (Å²) < 4.78 is 0. The van der Waals surface area contributed by atoms with E-state index in [9.17, 15) is 10.2 Å². The van der Waals surface area contributed by atoms with Crippen LogP contribution in [0.5, 0.6) is 0 Å². The van der Waals surface area contributed by atoms with Crippen LogP contribution in [0.25, 0.3) is 0 Å². The first kappa shape index (κ1) is 32.4. The maximum Gasteiger partial charge on any atom is 0.0468 e. The zero-order valence-corrected chi connectivity index (χ0v) is 24.4. The Bertz CT molecular complexity index is 797. The summed E-state index contributed by atoms with van der Waals surface area (Å²) in [6.07, 6.45) is 23.5. The number of hydrogen-bond donors (Lipinski definition) is 2. The van der Waals surface area contributed by atoms with Crippen molar-refractivity contribution >= 4 is 0 Å². The molecule has 0 radical (unpaired) electrons. The molecule has 0 aromatic carbocycles. The highest BCUT2D eigenvalue weighted by Gasteiger charge is 2.32. The van der Waals surface area contributed by atoms with Crippen LogP contribution in [0.1, 0.15) is 112 Å². The standard InChI is InChI=1S/C34H56O2/c1-26(2)12-8-14-28(5)16-10-17-30(7)20-21-32-22-31(23-33(24-35)34(32)25-36)19-11-18-29(6)15-9-13-27(3)4/h12-13,16,18,22,32-36H,7-11,14-15,17,19-21,23-25H2,1-6H3/b28-16+,29-18+/t32-,33+,34-/m1/s1. The van der Waals surface area contributed by atoms with Crippen molar-refractivity contribution in [3.63, 3.8) is 0 Å². The molecule has 2 heteroatoms. The molecule has 0 bridgehead atoms. The van der Waals surface area contributed by atoms with Gasteiger partial charge >= 0.3 is 0 Å². The summed E-state index contributed by atoms with van der Waals surface area (Å²) in [7, 11) is 0. The van der Waals surface area contributed by atoms with Gasteiger partial charge in [-0.1, -0.05) is 70.4 Å². The van der Waals surface area contributed by atoms with Gasteiger partial charge < -0.3 is 10.2 Å². The maximum absolute atomic E-state index is 10.1. The predicted octanol–water partition coefficient (Wildman–Crippen LogP) is 9.43. The smallest absolute Gasteiger partial charge is 0.0468 e. The van der Waals surface area contributed by atoms with Crippen LogP contribution in [0.15, 0.2) is 70.4 Å². The van der Waals surface area contributed by atoms with Crippen LogP contribution in [-0.2, 0) is 0 Å². The summed E-state index contributed by atoms with van der Waals surface area (Å²) in [6, 6.07) is 0. The van der Waals surface area contributed by atoms with Crippen molar-refractivity contribution in [3.8, 4) is 0 Å². The average molecular weight is 497 g/mol. The van der Waals surface area contributed by atoms with E-state index in [2.05, 4.69) is 78.5 Å². The Morgan fingerprint density at radius 2 is 1.33 bits per heavy atom. The largest absolute Gasteiger partial charge is 0.396 e. The molecule has 0 aliphatic heterocycles. The van der Waals surface area contributed by atoms with Gasteiger partial charge in [-0.3, -0.25) is 0 Å². The Balaban J connectivity index is 2.60. The number of aliphatic hydroxyl groups excluding tert-OH is 2. The summed E-state index contributed by atoms with van der Waals surface area (Å²) in [5, 5.41) is 20.1. The van der Waals surface area contributed by atoms with Crippen LogP contribution >= 0.6 is 0 Å². The molecule has 0 aromatic rings. The zero-order valence-electron chi connectivity index (χ0n) is 24.4. The monoisotopic (exact) mass is 496 g/mol. The number of aliphatic hydroxyl groups is 2. The molecule has 0 saturated carbocycles. The first-order chi connectivity index (χ1) is 17.2. The van der Waals surface area contributed by atoms with Crippen molar-refractivity contribution in [1.29, 1.82) is 0 Å². The van der Waals surface area contributed by atoms with Gasteiger partial charge in [-0.15, -0.1) is 0 Å². The lowest BCUT2D eigenvalue weighted by atomic mass is 9.71. The van der Waals surface area contributed by atoms with Gasteiger partial charge in [0, 0.05) is 13.2 Å². The van der Waals surface area contributed by atoms with Gasteiger partial charge in [0.05, 0.1) is 0 Å². The molecule has 2 N–H and O–H groups in total. The van der Waals surface area contributed by atoms with E-state index in [1.165, 1.54) is 33.4 Å². The summed E-state index contributed by atoms with van der Waals surface area (Å²) in [5.74, 6) is 0.657. The second-order valence-electron chi connectivity index (χ2n) is 11.6. The van der Waals surface area contributed by atoms with E-state index in [1.807, 2.05) is 0 Å². The van der Waals surface area contributed by atoms with Crippen molar-refractivity contribution in [3.05, 3.63) is 70.4 Å². The van der Waals surface area contributed by atoms with Crippen molar-refractivity contribution in [1.82, 2.24) is 0 Å². The molecule has 1 aliphatic rings. The van der Waals surface area contributed by atoms with Crippen LogP contribution in [0.3, 0.4) is 0 Å². The lowest BCUT2D eigenvalue weighted by molar-refractivity contribution is 0.0819. The van der Waals surface area contributed by atoms with Gasteiger partial charge in [-0.25, -0.2) is 0 Å². The summed E-state index contributed by atoms with van der Waals surface area (Å²) in [4.78, 5) is 0. The van der Waals surface area contributed by atoms with Crippen molar-refractivity contribution < 1.29 is 10.2 Å². The SMILES string of the molecule is C=C(CC/C=C(\C)CCC=C(C)C)CC[C@@H]1C=C(CC/C=C(\C)CCC=C(C)C)C[C@@H](CO)[C@@H]1CO. The lowest BCUT2D eigenvalue weighted by Crippen LogP contribution is -2.32. The zero-order chi connectivity index (χ0) is 26.9. The molecule has 0 amide bonds. The Kier molecular flexibility index (Phi) is 16.7. The summed E-state index contributed by atoms with van der Waals surface area (Å²) in [6.45, 7) is 17.8. The van der Waals surface area contributed by atoms with E-state index in [0.29, 0.717) is 5.92 Å².